The molecule has 0 spiro atoms. The molecule has 0 bridgehead atoms. The van der Waals surface area contributed by atoms with Crippen LogP contribution < -0.4 is 0 Å². The van der Waals surface area contributed by atoms with Crippen LogP contribution >= 0.6 is 11.6 Å². The number of hydrogen-bond donors (Lipinski definition) is 0. The zero-order chi connectivity index (χ0) is 18.2. The van der Waals surface area contributed by atoms with Crippen molar-refractivity contribution in [2.75, 3.05) is 0 Å². The van der Waals surface area contributed by atoms with E-state index in [1.165, 1.54) is 82.6 Å². The van der Waals surface area contributed by atoms with Crippen LogP contribution in [0.4, 0.5) is 0 Å². The van der Waals surface area contributed by atoms with Gasteiger partial charge in [0.2, 0.25) is 0 Å². The zero-order valence-corrected chi connectivity index (χ0v) is 17.4. The topological polar surface area (TPSA) is 0 Å². The lowest BCUT2D eigenvalue weighted by Crippen LogP contribution is -2.17. The molecular formula is C25H37Cl. The molecule has 0 nitrogen and oxygen atoms in total. The van der Waals surface area contributed by atoms with Crippen molar-refractivity contribution in [3.63, 3.8) is 0 Å². The second kappa shape index (κ2) is 10.5. The van der Waals surface area contributed by atoms with Gasteiger partial charge < -0.3 is 0 Å². The molecule has 3 rings (SSSR count). The molecule has 0 unspecified atom stereocenters. The molecule has 0 heterocycles. The third-order valence-electron chi connectivity index (χ3n) is 6.93. The Kier molecular flexibility index (Phi) is 8.11. The first-order valence-corrected chi connectivity index (χ1v) is 11.5. The van der Waals surface area contributed by atoms with Crippen LogP contribution in [0.15, 0.2) is 36.4 Å². The van der Waals surface area contributed by atoms with Crippen LogP contribution in [0.25, 0.3) is 0 Å². The average Bonchev–Trinajstić information content (AvgIpc) is 2.69. The summed E-state index contributed by atoms with van der Waals surface area (Å²) in [6.07, 6.45) is 21.9. The van der Waals surface area contributed by atoms with E-state index in [0.717, 1.165) is 28.7 Å². The molecule has 0 radical (unpaired) electrons. The molecule has 2 saturated carbocycles. The van der Waals surface area contributed by atoms with Crippen molar-refractivity contribution >= 4 is 11.6 Å². The number of halogens is 1. The first-order valence-electron chi connectivity index (χ1n) is 11.2. The van der Waals surface area contributed by atoms with E-state index < -0.39 is 0 Å². The fraction of sp³-hybridized carbons (Fsp3) is 0.680. The van der Waals surface area contributed by atoms with E-state index in [4.69, 9.17) is 11.6 Å². The van der Waals surface area contributed by atoms with Gasteiger partial charge in [0.25, 0.3) is 0 Å². The largest absolute Gasteiger partial charge is 0.0883 e. The van der Waals surface area contributed by atoms with Crippen LogP contribution in [-0.4, -0.2) is 0 Å². The number of allylic oxidation sites excluding steroid dienone is 2. The van der Waals surface area contributed by atoms with Crippen LogP contribution in [-0.2, 0) is 0 Å². The monoisotopic (exact) mass is 372 g/mol. The molecule has 0 N–H and O–H groups in total. The van der Waals surface area contributed by atoms with Gasteiger partial charge in [0.1, 0.15) is 0 Å². The van der Waals surface area contributed by atoms with Crippen LogP contribution in [0.2, 0.25) is 5.02 Å². The highest BCUT2D eigenvalue weighted by Crippen LogP contribution is 2.40. The Morgan fingerprint density at radius 1 is 0.846 bits per heavy atom. The molecule has 26 heavy (non-hydrogen) atoms. The van der Waals surface area contributed by atoms with E-state index >= 15 is 0 Å². The van der Waals surface area contributed by atoms with Gasteiger partial charge in [-0.2, -0.15) is 0 Å². The quantitative estimate of drug-likeness (QED) is 0.420. The van der Waals surface area contributed by atoms with Gasteiger partial charge in [-0.25, -0.2) is 0 Å². The third kappa shape index (κ3) is 6.15. The molecule has 144 valence electrons. The van der Waals surface area contributed by atoms with Gasteiger partial charge in [0, 0.05) is 5.02 Å². The van der Waals surface area contributed by atoms with Crippen molar-refractivity contribution in [2.24, 2.45) is 17.8 Å². The van der Waals surface area contributed by atoms with Crippen LogP contribution in [0.1, 0.15) is 95.5 Å². The van der Waals surface area contributed by atoms with E-state index in [1.54, 1.807) is 0 Å². The maximum absolute atomic E-state index is 6.03. The van der Waals surface area contributed by atoms with E-state index in [9.17, 15) is 0 Å². The minimum Gasteiger partial charge on any atom is -0.0883 e. The average molecular weight is 373 g/mol. The summed E-state index contributed by atoms with van der Waals surface area (Å²) in [7, 11) is 0. The Bertz CT molecular complexity index is 528. The van der Waals surface area contributed by atoms with Crippen LogP contribution in [0, 0.1) is 17.8 Å². The maximum Gasteiger partial charge on any atom is 0.0406 e. The number of unbranched alkanes of at least 4 members (excludes halogenated alkanes) is 1. The molecule has 1 heteroatoms. The molecule has 0 aliphatic heterocycles. The highest BCUT2D eigenvalue weighted by Gasteiger charge is 2.24. The van der Waals surface area contributed by atoms with E-state index in [-0.39, 0.29) is 0 Å². The summed E-state index contributed by atoms with van der Waals surface area (Å²) in [4.78, 5) is 0. The lowest BCUT2D eigenvalue weighted by atomic mass is 9.74. The SMILES string of the molecule is CCCC=CC1CCC(CCC2CCC(c3ccc(Cl)cc3)CC2)CC1. The summed E-state index contributed by atoms with van der Waals surface area (Å²) in [6.45, 7) is 2.27. The van der Waals surface area contributed by atoms with Gasteiger partial charge in [-0.3, -0.25) is 0 Å². The smallest absolute Gasteiger partial charge is 0.0406 e. The highest BCUT2D eigenvalue weighted by molar-refractivity contribution is 6.30. The normalized spacial score (nSPS) is 29.9. The van der Waals surface area contributed by atoms with Gasteiger partial charge in [-0.05, 0) is 99.2 Å². The fourth-order valence-electron chi connectivity index (χ4n) is 5.12. The Morgan fingerprint density at radius 3 is 2.00 bits per heavy atom. The van der Waals surface area contributed by atoms with Gasteiger partial charge in [-0.15, -0.1) is 0 Å². The molecule has 0 aromatic heterocycles. The van der Waals surface area contributed by atoms with Crippen molar-refractivity contribution in [1.29, 1.82) is 0 Å². The number of hydrogen-bond acceptors (Lipinski definition) is 0. The lowest BCUT2D eigenvalue weighted by Gasteiger charge is -2.31. The first-order chi connectivity index (χ1) is 12.7. The van der Waals surface area contributed by atoms with E-state index in [2.05, 4.69) is 43.3 Å². The summed E-state index contributed by atoms with van der Waals surface area (Å²) in [5.41, 5.74) is 1.50. The molecule has 1 aromatic rings. The summed E-state index contributed by atoms with van der Waals surface area (Å²) >= 11 is 6.03. The van der Waals surface area contributed by atoms with Crippen molar-refractivity contribution in [1.82, 2.24) is 0 Å². The van der Waals surface area contributed by atoms with Crippen LogP contribution in [0.3, 0.4) is 0 Å². The maximum atomic E-state index is 6.03. The predicted octanol–water partition coefficient (Wildman–Crippen LogP) is 8.56. The molecule has 0 saturated heterocycles. The third-order valence-corrected chi connectivity index (χ3v) is 7.18. The van der Waals surface area contributed by atoms with Gasteiger partial charge in [0.15, 0.2) is 0 Å². The van der Waals surface area contributed by atoms with E-state index in [1.807, 2.05) is 0 Å². The van der Waals surface area contributed by atoms with Crippen molar-refractivity contribution in [3.8, 4) is 0 Å². The summed E-state index contributed by atoms with van der Waals surface area (Å²) in [5.74, 6) is 3.65. The Balaban J connectivity index is 1.32. The second-order valence-corrected chi connectivity index (χ2v) is 9.28. The fourth-order valence-corrected chi connectivity index (χ4v) is 5.24. The van der Waals surface area contributed by atoms with Gasteiger partial charge >= 0.3 is 0 Å². The molecule has 2 aliphatic rings. The van der Waals surface area contributed by atoms with Crippen LogP contribution in [0.5, 0.6) is 0 Å². The first kappa shape index (κ1) is 20.0. The lowest BCUT2D eigenvalue weighted by molar-refractivity contribution is 0.246. The van der Waals surface area contributed by atoms with Crippen molar-refractivity contribution < 1.29 is 0 Å². The number of rotatable bonds is 7. The van der Waals surface area contributed by atoms with Gasteiger partial charge in [-0.1, -0.05) is 62.1 Å². The molecule has 0 amide bonds. The molecule has 2 fully saturated rings. The summed E-state index contributed by atoms with van der Waals surface area (Å²) < 4.78 is 0. The number of benzene rings is 1. The summed E-state index contributed by atoms with van der Waals surface area (Å²) in [5, 5.41) is 0.859. The highest BCUT2D eigenvalue weighted by atomic mass is 35.5. The Morgan fingerprint density at radius 2 is 1.42 bits per heavy atom. The molecule has 1 aromatic carbocycles. The zero-order valence-electron chi connectivity index (χ0n) is 16.6. The van der Waals surface area contributed by atoms with Crippen molar-refractivity contribution in [2.45, 2.75) is 89.9 Å². The Hall–Kier alpha value is -0.750. The standard InChI is InChI=1S/C25H37Cl/c1-2-3-4-5-20-6-8-21(9-7-20)10-11-22-12-14-23(15-13-22)24-16-18-25(26)19-17-24/h4-5,16-23H,2-3,6-15H2,1H3. The van der Waals surface area contributed by atoms with Crippen molar-refractivity contribution in [3.05, 3.63) is 47.0 Å². The molecule has 0 atom stereocenters. The second-order valence-electron chi connectivity index (χ2n) is 8.84. The van der Waals surface area contributed by atoms with E-state index in [0.29, 0.717) is 0 Å². The Labute approximate surface area is 166 Å². The minimum atomic E-state index is 0.772. The molecular weight excluding hydrogens is 336 g/mol. The van der Waals surface area contributed by atoms with Gasteiger partial charge in [0.05, 0.1) is 0 Å². The summed E-state index contributed by atoms with van der Waals surface area (Å²) in [6, 6.07) is 8.58. The predicted molar refractivity (Wildman–Crippen MR) is 115 cm³/mol. The minimum absolute atomic E-state index is 0.772. The molecule has 2 aliphatic carbocycles.